The number of hydrogen-bond acceptors (Lipinski definition) is 3. The molecule has 1 aromatic carbocycles. The molecule has 0 heterocycles. The largest absolute Gasteiger partial charge is 0.507 e. The molecule has 4 nitrogen and oxygen atoms in total. The number of aromatic hydroxyl groups is 1. The summed E-state index contributed by atoms with van der Waals surface area (Å²) in [5.74, 6) is -1.98. The van der Waals surface area contributed by atoms with Crippen molar-refractivity contribution in [3.05, 3.63) is 29.3 Å². The summed E-state index contributed by atoms with van der Waals surface area (Å²) in [6, 6.07) is 3.94. The number of aromatic carboxylic acids is 1. The predicted octanol–water partition coefficient (Wildman–Crippen LogP) is 1.29. The number of carboxylic acid groups (broad SMARTS) is 1. The Morgan fingerprint density at radius 1 is 1.31 bits per heavy atom. The van der Waals surface area contributed by atoms with E-state index in [1.165, 1.54) is 25.1 Å². The summed E-state index contributed by atoms with van der Waals surface area (Å²) in [5, 5.41) is 17.9. The quantitative estimate of drug-likeness (QED) is 0.672. The molecule has 0 aliphatic carbocycles. The van der Waals surface area contributed by atoms with Gasteiger partial charge >= 0.3 is 5.97 Å². The predicted molar refractivity (Wildman–Crippen MR) is 45.1 cm³/mol. The summed E-state index contributed by atoms with van der Waals surface area (Å²) in [6.45, 7) is 1.21. The molecule has 13 heavy (non-hydrogen) atoms. The van der Waals surface area contributed by atoms with Gasteiger partial charge in [-0.1, -0.05) is 6.07 Å². The van der Waals surface area contributed by atoms with Crippen LogP contribution in [-0.4, -0.2) is 22.0 Å². The number of phenolic OH excluding ortho intramolecular Hbond substituents is 1. The summed E-state index contributed by atoms with van der Waals surface area (Å²) in [7, 11) is 0. The highest BCUT2D eigenvalue weighted by atomic mass is 16.4. The van der Waals surface area contributed by atoms with Crippen molar-refractivity contribution >= 4 is 11.8 Å². The fourth-order valence-electron chi connectivity index (χ4n) is 1.09. The average molecular weight is 180 g/mol. The lowest BCUT2D eigenvalue weighted by Crippen LogP contribution is -2.05. The lowest BCUT2D eigenvalue weighted by Gasteiger charge is -2.03. The molecule has 0 saturated heterocycles. The number of carboxylic acids is 1. The maximum atomic E-state index is 11.0. The number of ketones is 1. The van der Waals surface area contributed by atoms with Crippen LogP contribution in [0.25, 0.3) is 0 Å². The number of benzene rings is 1. The molecule has 0 saturated carbocycles. The van der Waals surface area contributed by atoms with Crippen molar-refractivity contribution in [2.75, 3.05) is 0 Å². The smallest absolute Gasteiger partial charge is 0.336 e. The van der Waals surface area contributed by atoms with E-state index >= 15 is 0 Å². The molecule has 1 aromatic rings. The standard InChI is InChI=1S/C9H8O4/c1-5(10)8-6(9(12)13)3-2-4-7(8)11/h2-4,11H,1H3,(H,12,13). The second-order valence-corrected chi connectivity index (χ2v) is 2.56. The van der Waals surface area contributed by atoms with E-state index in [4.69, 9.17) is 5.11 Å². The van der Waals surface area contributed by atoms with Gasteiger partial charge < -0.3 is 10.2 Å². The van der Waals surface area contributed by atoms with Crippen LogP contribution in [0, 0.1) is 0 Å². The van der Waals surface area contributed by atoms with Crippen molar-refractivity contribution in [2.24, 2.45) is 0 Å². The van der Waals surface area contributed by atoms with E-state index < -0.39 is 11.8 Å². The van der Waals surface area contributed by atoms with Gasteiger partial charge in [-0.05, 0) is 19.1 Å². The zero-order valence-corrected chi connectivity index (χ0v) is 6.94. The monoisotopic (exact) mass is 180 g/mol. The van der Waals surface area contributed by atoms with Crippen molar-refractivity contribution < 1.29 is 19.8 Å². The minimum Gasteiger partial charge on any atom is -0.507 e. The highest BCUT2D eigenvalue weighted by molar-refractivity contribution is 6.06. The first-order valence-corrected chi connectivity index (χ1v) is 3.60. The first-order chi connectivity index (χ1) is 6.04. The van der Waals surface area contributed by atoms with Crippen LogP contribution in [0.2, 0.25) is 0 Å². The van der Waals surface area contributed by atoms with Gasteiger partial charge in [-0.3, -0.25) is 4.79 Å². The molecule has 0 amide bonds. The highest BCUT2D eigenvalue weighted by Gasteiger charge is 2.16. The van der Waals surface area contributed by atoms with Crippen molar-refractivity contribution in [2.45, 2.75) is 6.92 Å². The molecule has 0 fully saturated rings. The van der Waals surface area contributed by atoms with Gasteiger partial charge in [0, 0.05) is 0 Å². The van der Waals surface area contributed by atoms with E-state index in [0.29, 0.717) is 0 Å². The van der Waals surface area contributed by atoms with Crippen molar-refractivity contribution in [1.29, 1.82) is 0 Å². The zero-order chi connectivity index (χ0) is 10.0. The summed E-state index contributed by atoms with van der Waals surface area (Å²) in [5.41, 5.74) is -0.317. The molecule has 1 rings (SSSR count). The van der Waals surface area contributed by atoms with Gasteiger partial charge in [0.1, 0.15) is 5.75 Å². The van der Waals surface area contributed by atoms with Crippen LogP contribution < -0.4 is 0 Å². The van der Waals surface area contributed by atoms with E-state index in [-0.39, 0.29) is 16.9 Å². The minimum atomic E-state index is -1.22. The highest BCUT2D eigenvalue weighted by Crippen LogP contribution is 2.21. The van der Waals surface area contributed by atoms with Crippen LogP contribution in [-0.2, 0) is 0 Å². The van der Waals surface area contributed by atoms with Gasteiger partial charge in [0.2, 0.25) is 0 Å². The van der Waals surface area contributed by atoms with E-state index in [9.17, 15) is 14.7 Å². The molecule has 0 aromatic heterocycles. The van der Waals surface area contributed by atoms with Crippen LogP contribution in [0.1, 0.15) is 27.6 Å². The van der Waals surface area contributed by atoms with Crippen LogP contribution >= 0.6 is 0 Å². The number of rotatable bonds is 2. The average Bonchev–Trinajstić information content (AvgIpc) is 2.02. The summed E-state index contributed by atoms with van der Waals surface area (Å²) in [4.78, 5) is 21.6. The zero-order valence-electron chi connectivity index (χ0n) is 6.94. The molecule has 4 heteroatoms. The van der Waals surface area contributed by atoms with Crippen molar-refractivity contribution in [3.8, 4) is 5.75 Å². The number of carbonyl (C=O) groups is 2. The Labute approximate surface area is 74.4 Å². The van der Waals surface area contributed by atoms with Gasteiger partial charge in [0.25, 0.3) is 0 Å². The van der Waals surface area contributed by atoms with Crippen LogP contribution in [0.5, 0.6) is 5.75 Å². The lowest BCUT2D eigenvalue weighted by atomic mass is 10.0. The third-order valence-corrected chi connectivity index (χ3v) is 1.62. The molecule has 0 unspecified atom stereocenters. The van der Waals surface area contributed by atoms with Gasteiger partial charge in [-0.25, -0.2) is 4.79 Å². The van der Waals surface area contributed by atoms with Crippen LogP contribution in [0.4, 0.5) is 0 Å². The van der Waals surface area contributed by atoms with Crippen LogP contribution in [0.15, 0.2) is 18.2 Å². The second-order valence-electron chi connectivity index (χ2n) is 2.56. The SMILES string of the molecule is CC(=O)c1c(O)cccc1C(=O)O. The Morgan fingerprint density at radius 2 is 1.92 bits per heavy atom. The Kier molecular flexibility index (Phi) is 2.32. The van der Waals surface area contributed by atoms with E-state index in [1.807, 2.05) is 0 Å². The molecule has 0 bridgehead atoms. The van der Waals surface area contributed by atoms with Crippen molar-refractivity contribution in [1.82, 2.24) is 0 Å². The van der Waals surface area contributed by atoms with Crippen LogP contribution in [0.3, 0.4) is 0 Å². The number of hydrogen-bond donors (Lipinski definition) is 2. The lowest BCUT2D eigenvalue weighted by molar-refractivity contribution is 0.0691. The second kappa shape index (κ2) is 3.26. The topological polar surface area (TPSA) is 74.6 Å². The minimum absolute atomic E-state index is 0.144. The summed E-state index contributed by atoms with van der Waals surface area (Å²) >= 11 is 0. The molecule has 2 N–H and O–H groups in total. The Balaban J connectivity index is 3.43. The first-order valence-electron chi connectivity index (χ1n) is 3.60. The molecule has 0 radical (unpaired) electrons. The Bertz CT molecular complexity index is 368. The molecule has 68 valence electrons. The molecule has 0 aliphatic rings. The molecule has 0 aliphatic heterocycles. The third kappa shape index (κ3) is 1.66. The fraction of sp³-hybridized carbons (Fsp3) is 0.111. The number of carbonyl (C=O) groups excluding carboxylic acids is 1. The first kappa shape index (κ1) is 9.25. The molecule has 0 spiro atoms. The summed E-state index contributed by atoms with van der Waals surface area (Å²) in [6.07, 6.45) is 0. The third-order valence-electron chi connectivity index (χ3n) is 1.62. The maximum absolute atomic E-state index is 11.0. The Morgan fingerprint density at radius 3 is 2.31 bits per heavy atom. The van der Waals surface area contributed by atoms with Gasteiger partial charge in [0.15, 0.2) is 5.78 Å². The molecule has 0 atom stereocenters. The van der Waals surface area contributed by atoms with E-state index in [1.54, 1.807) is 0 Å². The molecular formula is C9H8O4. The maximum Gasteiger partial charge on any atom is 0.336 e. The number of phenols is 1. The summed E-state index contributed by atoms with van der Waals surface area (Å²) < 4.78 is 0. The normalized spacial score (nSPS) is 9.62. The molecular weight excluding hydrogens is 172 g/mol. The Hall–Kier alpha value is -1.84. The van der Waals surface area contributed by atoms with Gasteiger partial charge in [-0.15, -0.1) is 0 Å². The van der Waals surface area contributed by atoms with Gasteiger partial charge in [-0.2, -0.15) is 0 Å². The van der Waals surface area contributed by atoms with Crippen molar-refractivity contribution in [3.63, 3.8) is 0 Å². The van der Waals surface area contributed by atoms with E-state index in [2.05, 4.69) is 0 Å². The van der Waals surface area contributed by atoms with Gasteiger partial charge in [0.05, 0.1) is 11.1 Å². The van der Waals surface area contributed by atoms with E-state index in [0.717, 1.165) is 0 Å². The fourth-order valence-corrected chi connectivity index (χ4v) is 1.09. The number of Topliss-reactive ketones (excluding diaryl/α,β-unsaturated/α-hetero) is 1.